The standard InChI is InChI=1S/C15H22N2O3/c1-11-9-13(19-5)17-10-12(11)7-6-8-16-14(18)20-15(2,3)4/h6-7,9-10H,8H2,1-5H3,(H,16,18). The van der Waals surface area contributed by atoms with E-state index in [1.807, 2.05) is 45.9 Å². The SMILES string of the molecule is COc1cc(C)c(C=CCNC(=O)OC(C)(C)C)cn1. The highest BCUT2D eigenvalue weighted by atomic mass is 16.6. The second-order valence-electron chi connectivity index (χ2n) is 5.37. The first kappa shape index (κ1) is 16.0. The maximum absolute atomic E-state index is 11.4. The predicted molar refractivity (Wildman–Crippen MR) is 78.8 cm³/mol. The first-order valence-corrected chi connectivity index (χ1v) is 6.46. The van der Waals surface area contributed by atoms with Crippen molar-refractivity contribution in [3.63, 3.8) is 0 Å². The number of hydrogen-bond donors (Lipinski definition) is 1. The molecule has 0 spiro atoms. The molecule has 0 aromatic carbocycles. The van der Waals surface area contributed by atoms with E-state index in [1.165, 1.54) is 0 Å². The van der Waals surface area contributed by atoms with E-state index in [0.717, 1.165) is 11.1 Å². The van der Waals surface area contributed by atoms with Crippen LogP contribution in [0.3, 0.4) is 0 Å². The molecule has 0 saturated carbocycles. The fraction of sp³-hybridized carbons (Fsp3) is 0.467. The smallest absolute Gasteiger partial charge is 0.407 e. The molecule has 0 unspecified atom stereocenters. The molecule has 0 bridgehead atoms. The third-order valence-electron chi connectivity index (χ3n) is 2.40. The van der Waals surface area contributed by atoms with E-state index in [4.69, 9.17) is 9.47 Å². The maximum atomic E-state index is 11.4. The molecule has 1 aromatic rings. The van der Waals surface area contributed by atoms with Crippen molar-refractivity contribution in [2.24, 2.45) is 0 Å². The van der Waals surface area contributed by atoms with Gasteiger partial charge in [0.1, 0.15) is 5.60 Å². The van der Waals surface area contributed by atoms with Gasteiger partial charge in [0.15, 0.2) is 0 Å². The number of aromatic nitrogens is 1. The lowest BCUT2D eigenvalue weighted by atomic mass is 10.1. The topological polar surface area (TPSA) is 60.5 Å². The summed E-state index contributed by atoms with van der Waals surface area (Å²) in [5.41, 5.74) is 1.56. The molecule has 0 fully saturated rings. The van der Waals surface area contributed by atoms with Crippen molar-refractivity contribution < 1.29 is 14.3 Å². The highest BCUT2D eigenvalue weighted by Gasteiger charge is 2.14. The van der Waals surface area contributed by atoms with Crippen molar-refractivity contribution in [2.75, 3.05) is 13.7 Å². The van der Waals surface area contributed by atoms with Crippen LogP contribution in [0.4, 0.5) is 4.79 Å². The lowest BCUT2D eigenvalue weighted by Gasteiger charge is -2.19. The second-order valence-corrected chi connectivity index (χ2v) is 5.37. The number of alkyl carbamates (subject to hydrolysis) is 1. The van der Waals surface area contributed by atoms with Gasteiger partial charge in [-0.25, -0.2) is 9.78 Å². The Balaban J connectivity index is 2.48. The number of nitrogens with zero attached hydrogens (tertiary/aromatic N) is 1. The van der Waals surface area contributed by atoms with Crippen LogP contribution in [-0.4, -0.2) is 30.3 Å². The molecule has 0 aliphatic heterocycles. The van der Waals surface area contributed by atoms with Crippen LogP contribution in [0.1, 0.15) is 31.9 Å². The third kappa shape index (κ3) is 5.73. The normalized spacial score (nSPS) is 11.4. The number of aryl methyl sites for hydroxylation is 1. The van der Waals surface area contributed by atoms with Gasteiger partial charge in [-0.15, -0.1) is 0 Å². The molecule has 1 N–H and O–H groups in total. The predicted octanol–water partition coefficient (Wildman–Crippen LogP) is 2.94. The molecule has 5 heteroatoms. The summed E-state index contributed by atoms with van der Waals surface area (Å²) in [4.78, 5) is 15.6. The van der Waals surface area contributed by atoms with Gasteiger partial charge in [0, 0.05) is 18.8 Å². The lowest BCUT2D eigenvalue weighted by Crippen LogP contribution is -2.32. The van der Waals surface area contributed by atoms with Gasteiger partial charge in [-0.2, -0.15) is 0 Å². The molecule has 1 aromatic heterocycles. The molecule has 20 heavy (non-hydrogen) atoms. The van der Waals surface area contributed by atoms with Crippen LogP contribution in [0.15, 0.2) is 18.3 Å². The van der Waals surface area contributed by atoms with Crippen LogP contribution >= 0.6 is 0 Å². The Morgan fingerprint density at radius 2 is 2.15 bits per heavy atom. The minimum absolute atomic E-state index is 0.403. The Hall–Kier alpha value is -2.04. The largest absolute Gasteiger partial charge is 0.481 e. The van der Waals surface area contributed by atoms with Gasteiger partial charge in [0.2, 0.25) is 5.88 Å². The Bertz CT molecular complexity index is 490. The maximum Gasteiger partial charge on any atom is 0.407 e. The van der Waals surface area contributed by atoms with Crippen LogP contribution in [0.5, 0.6) is 5.88 Å². The molecule has 1 rings (SSSR count). The average Bonchev–Trinajstić information content (AvgIpc) is 2.33. The van der Waals surface area contributed by atoms with Crippen molar-refractivity contribution in [3.8, 4) is 5.88 Å². The number of methoxy groups -OCH3 is 1. The number of hydrogen-bond acceptors (Lipinski definition) is 4. The molecular weight excluding hydrogens is 256 g/mol. The molecule has 1 heterocycles. The monoisotopic (exact) mass is 278 g/mol. The van der Waals surface area contributed by atoms with E-state index in [9.17, 15) is 4.79 Å². The summed E-state index contributed by atoms with van der Waals surface area (Å²) in [5, 5.41) is 2.66. The molecule has 5 nitrogen and oxygen atoms in total. The van der Waals surface area contributed by atoms with E-state index in [1.54, 1.807) is 13.3 Å². The third-order valence-corrected chi connectivity index (χ3v) is 2.40. The summed E-state index contributed by atoms with van der Waals surface area (Å²) in [5.74, 6) is 0.589. The zero-order valence-electron chi connectivity index (χ0n) is 12.7. The summed E-state index contributed by atoms with van der Waals surface area (Å²) in [6.45, 7) is 7.87. The molecule has 0 atom stereocenters. The van der Waals surface area contributed by atoms with Crippen LogP contribution in [0.25, 0.3) is 6.08 Å². The van der Waals surface area contributed by atoms with E-state index >= 15 is 0 Å². The summed E-state index contributed by atoms with van der Waals surface area (Å²) < 4.78 is 10.2. The number of ether oxygens (including phenoxy) is 2. The van der Waals surface area contributed by atoms with Crippen LogP contribution in [0.2, 0.25) is 0 Å². The number of carbonyl (C=O) groups is 1. The fourth-order valence-corrected chi connectivity index (χ4v) is 1.47. The Kier molecular flexibility index (Phi) is 5.55. The van der Waals surface area contributed by atoms with Gasteiger partial charge in [0.25, 0.3) is 0 Å². The Morgan fingerprint density at radius 3 is 2.70 bits per heavy atom. The number of pyridine rings is 1. The Labute approximate surface area is 120 Å². The van der Waals surface area contributed by atoms with Gasteiger partial charge in [0.05, 0.1) is 7.11 Å². The van der Waals surface area contributed by atoms with E-state index in [-0.39, 0.29) is 0 Å². The highest BCUT2D eigenvalue weighted by molar-refractivity contribution is 5.68. The fourth-order valence-electron chi connectivity index (χ4n) is 1.47. The van der Waals surface area contributed by atoms with Crippen LogP contribution in [0, 0.1) is 6.92 Å². The van der Waals surface area contributed by atoms with Gasteiger partial charge >= 0.3 is 6.09 Å². The van der Waals surface area contributed by atoms with Gasteiger partial charge < -0.3 is 14.8 Å². The summed E-state index contributed by atoms with van der Waals surface area (Å²) in [7, 11) is 1.59. The minimum Gasteiger partial charge on any atom is -0.481 e. The molecule has 0 saturated heterocycles. The van der Waals surface area contributed by atoms with Crippen molar-refractivity contribution in [1.29, 1.82) is 0 Å². The molecule has 0 aliphatic rings. The quantitative estimate of drug-likeness (QED) is 0.920. The van der Waals surface area contributed by atoms with Gasteiger partial charge in [-0.1, -0.05) is 12.2 Å². The van der Waals surface area contributed by atoms with Crippen molar-refractivity contribution in [2.45, 2.75) is 33.3 Å². The number of nitrogens with one attached hydrogen (secondary N) is 1. The zero-order valence-corrected chi connectivity index (χ0v) is 12.7. The number of rotatable bonds is 4. The lowest BCUT2D eigenvalue weighted by molar-refractivity contribution is 0.0534. The van der Waals surface area contributed by atoms with Gasteiger partial charge in [-0.3, -0.25) is 0 Å². The summed E-state index contributed by atoms with van der Waals surface area (Å²) >= 11 is 0. The van der Waals surface area contributed by atoms with Crippen LogP contribution < -0.4 is 10.1 Å². The van der Waals surface area contributed by atoms with Crippen molar-refractivity contribution in [1.82, 2.24) is 10.3 Å². The number of carbonyl (C=O) groups excluding carboxylic acids is 1. The van der Waals surface area contributed by atoms with E-state index in [0.29, 0.717) is 12.4 Å². The Morgan fingerprint density at radius 1 is 1.45 bits per heavy atom. The molecule has 1 amide bonds. The van der Waals surface area contributed by atoms with E-state index < -0.39 is 11.7 Å². The molecule has 0 radical (unpaired) electrons. The first-order valence-electron chi connectivity index (χ1n) is 6.46. The van der Waals surface area contributed by atoms with Crippen molar-refractivity contribution in [3.05, 3.63) is 29.5 Å². The summed E-state index contributed by atoms with van der Waals surface area (Å²) in [6, 6.07) is 1.86. The zero-order chi connectivity index (χ0) is 15.2. The van der Waals surface area contributed by atoms with E-state index in [2.05, 4.69) is 10.3 Å². The first-order chi connectivity index (χ1) is 9.31. The highest BCUT2D eigenvalue weighted by Crippen LogP contribution is 2.14. The number of amides is 1. The molecular formula is C15H22N2O3. The molecule has 110 valence electrons. The summed E-state index contributed by atoms with van der Waals surface area (Å²) in [6.07, 6.45) is 5.06. The van der Waals surface area contributed by atoms with Gasteiger partial charge in [-0.05, 0) is 38.8 Å². The second kappa shape index (κ2) is 6.93. The van der Waals surface area contributed by atoms with Crippen molar-refractivity contribution >= 4 is 12.2 Å². The average molecular weight is 278 g/mol. The minimum atomic E-state index is -0.482. The molecule has 0 aliphatic carbocycles. The van der Waals surface area contributed by atoms with Crippen LogP contribution in [-0.2, 0) is 4.74 Å².